The summed E-state index contributed by atoms with van der Waals surface area (Å²) in [7, 11) is 3.51. The molecule has 2 atom stereocenters. The minimum absolute atomic E-state index is 0. The predicted molar refractivity (Wildman–Crippen MR) is 112 cm³/mol. The predicted octanol–water partition coefficient (Wildman–Crippen LogP) is 3.71. The van der Waals surface area contributed by atoms with E-state index in [1.807, 2.05) is 19.2 Å². The number of rotatable bonds is 6. The molecular weight excluding hydrogens is 429 g/mol. The number of hydrogen-bond acceptors (Lipinski definition) is 3. The molecular formula is C19H30IN3O2. The molecule has 0 saturated heterocycles. The Balaban J connectivity index is 0.00000225. The van der Waals surface area contributed by atoms with Gasteiger partial charge in [-0.3, -0.25) is 4.99 Å². The first-order valence-electron chi connectivity index (χ1n) is 9.01. The van der Waals surface area contributed by atoms with E-state index in [9.17, 15) is 0 Å². The summed E-state index contributed by atoms with van der Waals surface area (Å²) in [5.74, 6) is 3.26. The molecule has 5 nitrogen and oxygen atoms in total. The van der Waals surface area contributed by atoms with Crippen molar-refractivity contribution in [2.24, 2.45) is 10.9 Å². The van der Waals surface area contributed by atoms with Crippen LogP contribution in [0.2, 0.25) is 0 Å². The first-order valence-corrected chi connectivity index (χ1v) is 9.01. The molecule has 0 aromatic heterocycles. The zero-order valence-corrected chi connectivity index (χ0v) is 17.7. The first-order chi connectivity index (χ1) is 11.7. The molecule has 25 heavy (non-hydrogen) atoms. The lowest BCUT2D eigenvalue weighted by atomic mass is 10.1. The van der Waals surface area contributed by atoms with Gasteiger partial charge in [0.25, 0.3) is 0 Å². The van der Waals surface area contributed by atoms with Gasteiger partial charge in [-0.1, -0.05) is 19.1 Å². The molecule has 2 fully saturated rings. The fourth-order valence-electron chi connectivity index (χ4n) is 3.24. The Morgan fingerprint density at radius 2 is 2.00 bits per heavy atom. The minimum Gasteiger partial charge on any atom is -0.493 e. The number of nitrogens with one attached hydrogen (secondary N) is 2. The van der Waals surface area contributed by atoms with Crippen molar-refractivity contribution in [2.75, 3.05) is 14.2 Å². The zero-order chi connectivity index (χ0) is 16.9. The van der Waals surface area contributed by atoms with E-state index in [1.165, 1.54) is 19.3 Å². The number of aliphatic imine (C=N–C) groups is 1. The normalized spacial score (nSPS) is 22.9. The number of halogens is 1. The highest BCUT2D eigenvalue weighted by molar-refractivity contribution is 14.0. The fourth-order valence-corrected chi connectivity index (χ4v) is 3.24. The van der Waals surface area contributed by atoms with Crippen LogP contribution in [0.3, 0.4) is 0 Å². The van der Waals surface area contributed by atoms with E-state index in [0.717, 1.165) is 41.8 Å². The number of nitrogens with zero attached hydrogens (tertiary/aromatic N) is 1. The molecule has 0 radical (unpaired) electrons. The van der Waals surface area contributed by atoms with Crippen LogP contribution in [0.5, 0.6) is 11.5 Å². The molecule has 6 heteroatoms. The maximum Gasteiger partial charge on any atom is 0.191 e. The summed E-state index contributed by atoms with van der Waals surface area (Å²) < 4.78 is 11.8. The van der Waals surface area contributed by atoms with E-state index in [0.29, 0.717) is 18.7 Å². The molecule has 0 amide bonds. The van der Waals surface area contributed by atoms with Gasteiger partial charge < -0.3 is 20.1 Å². The van der Waals surface area contributed by atoms with Gasteiger partial charge >= 0.3 is 0 Å². The monoisotopic (exact) mass is 459 g/mol. The third-order valence-corrected chi connectivity index (χ3v) is 4.97. The van der Waals surface area contributed by atoms with Gasteiger partial charge in [-0.15, -0.1) is 24.0 Å². The molecule has 2 aliphatic carbocycles. The highest BCUT2D eigenvalue weighted by Gasteiger charge is 2.33. The minimum atomic E-state index is 0. The molecule has 2 N–H and O–H groups in total. The van der Waals surface area contributed by atoms with Crippen molar-refractivity contribution in [3.63, 3.8) is 0 Å². The third kappa shape index (κ3) is 5.39. The second kappa shape index (κ2) is 9.50. The van der Waals surface area contributed by atoms with E-state index in [1.54, 1.807) is 7.11 Å². The van der Waals surface area contributed by atoms with Crippen LogP contribution in [0.15, 0.2) is 23.2 Å². The van der Waals surface area contributed by atoms with Crippen LogP contribution in [-0.4, -0.2) is 32.3 Å². The Morgan fingerprint density at radius 3 is 2.60 bits per heavy atom. The molecule has 140 valence electrons. The number of benzene rings is 1. The largest absolute Gasteiger partial charge is 0.493 e. The van der Waals surface area contributed by atoms with Crippen molar-refractivity contribution < 1.29 is 9.47 Å². The molecule has 0 heterocycles. The summed E-state index contributed by atoms with van der Waals surface area (Å²) in [5.41, 5.74) is 1.10. The number of para-hydroxylation sites is 1. The average molecular weight is 459 g/mol. The van der Waals surface area contributed by atoms with Crippen LogP contribution >= 0.6 is 24.0 Å². The maximum absolute atomic E-state index is 6.28. The van der Waals surface area contributed by atoms with Crippen LogP contribution in [0.4, 0.5) is 0 Å². The Kier molecular flexibility index (Phi) is 7.65. The van der Waals surface area contributed by atoms with E-state index < -0.39 is 0 Å². The zero-order valence-electron chi connectivity index (χ0n) is 15.4. The maximum atomic E-state index is 6.28. The average Bonchev–Trinajstić information content (AvgIpc) is 3.06. The summed E-state index contributed by atoms with van der Waals surface area (Å²) in [5, 5.41) is 6.85. The molecule has 3 rings (SSSR count). The fraction of sp³-hybridized carbons (Fsp3) is 0.632. The number of hydrogen-bond donors (Lipinski definition) is 2. The van der Waals surface area contributed by atoms with Gasteiger partial charge in [-0.25, -0.2) is 0 Å². The first kappa shape index (κ1) is 20.1. The SMILES string of the molecule is CN=C(NCc1cccc(OC)c1OC1CCCC1)NC1CC1C.I. The van der Waals surface area contributed by atoms with E-state index in [-0.39, 0.29) is 24.0 Å². The summed E-state index contributed by atoms with van der Waals surface area (Å²) in [6.45, 7) is 2.92. The topological polar surface area (TPSA) is 54.9 Å². The Bertz CT molecular complexity index is 588. The van der Waals surface area contributed by atoms with Crippen LogP contribution in [0, 0.1) is 5.92 Å². The van der Waals surface area contributed by atoms with Crippen molar-refractivity contribution in [2.45, 2.75) is 57.7 Å². The smallest absolute Gasteiger partial charge is 0.191 e. The second-order valence-corrected chi connectivity index (χ2v) is 6.86. The van der Waals surface area contributed by atoms with Gasteiger partial charge in [0.05, 0.1) is 13.2 Å². The number of ether oxygens (including phenoxy) is 2. The van der Waals surface area contributed by atoms with Crippen molar-refractivity contribution in [3.8, 4) is 11.5 Å². The lowest BCUT2D eigenvalue weighted by Crippen LogP contribution is -2.38. The highest BCUT2D eigenvalue weighted by atomic mass is 127. The Hall–Kier alpha value is -1.18. The standard InChI is InChI=1S/C19H29N3O2.HI/c1-13-11-16(13)22-19(20-2)21-12-14-7-6-10-17(23-3)18(14)24-15-8-4-5-9-15;/h6-7,10,13,15-16H,4-5,8-9,11-12H2,1-3H3,(H2,20,21,22);1H. The van der Waals surface area contributed by atoms with Crippen molar-refractivity contribution in [3.05, 3.63) is 23.8 Å². The summed E-state index contributed by atoms with van der Waals surface area (Å²) in [4.78, 5) is 4.32. The van der Waals surface area contributed by atoms with Crippen LogP contribution < -0.4 is 20.1 Å². The third-order valence-electron chi connectivity index (χ3n) is 4.97. The molecule has 1 aromatic rings. The van der Waals surface area contributed by atoms with Crippen LogP contribution in [0.1, 0.15) is 44.6 Å². The summed E-state index contributed by atoms with van der Waals surface area (Å²) >= 11 is 0. The molecule has 0 aliphatic heterocycles. The quantitative estimate of drug-likeness (QED) is 0.387. The number of guanidine groups is 1. The Labute approximate surface area is 168 Å². The summed E-state index contributed by atoms with van der Waals surface area (Å²) in [6, 6.07) is 6.62. The Morgan fingerprint density at radius 1 is 1.28 bits per heavy atom. The van der Waals surface area contributed by atoms with Crippen molar-refractivity contribution in [1.29, 1.82) is 0 Å². The van der Waals surface area contributed by atoms with Gasteiger partial charge in [-0.05, 0) is 44.1 Å². The van der Waals surface area contributed by atoms with Gasteiger partial charge in [0.1, 0.15) is 0 Å². The molecule has 2 unspecified atom stereocenters. The van der Waals surface area contributed by atoms with Gasteiger partial charge in [0.2, 0.25) is 0 Å². The molecule has 2 aliphatic rings. The second-order valence-electron chi connectivity index (χ2n) is 6.86. The van der Waals surface area contributed by atoms with Gasteiger partial charge in [0.15, 0.2) is 17.5 Å². The molecule has 0 spiro atoms. The van der Waals surface area contributed by atoms with Gasteiger partial charge in [-0.2, -0.15) is 0 Å². The van der Waals surface area contributed by atoms with E-state index in [2.05, 4.69) is 28.6 Å². The summed E-state index contributed by atoms with van der Waals surface area (Å²) in [6.07, 6.45) is 6.30. The van der Waals surface area contributed by atoms with Crippen molar-refractivity contribution >= 4 is 29.9 Å². The van der Waals surface area contributed by atoms with Gasteiger partial charge in [0, 0.05) is 25.2 Å². The van der Waals surface area contributed by atoms with Crippen LogP contribution in [0.25, 0.3) is 0 Å². The van der Waals surface area contributed by atoms with E-state index >= 15 is 0 Å². The molecule has 1 aromatic carbocycles. The van der Waals surface area contributed by atoms with Crippen molar-refractivity contribution in [1.82, 2.24) is 10.6 Å². The van der Waals surface area contributed by atoms with E-state index in [4.69, 9.17) is 9.47 Å². The highest BCUT2D eigenvalue weighted by Crippen LogP contribution is 2.35. The lowest BCUT2D eigenvalue weighted by molar-refractivity contribution is 0.198. The molecule has 2 saturated carbocycles. The lowest BCUT2D eigenvalue weighted by Gasteiger charge is -2.20. The number of methoxy groups -OCH3 is 1. The van der Waals surface area contributed by atoms with Crippen LogP contribution in [-0.2, 0) is 6.54 Å². The molecule has 0 bridgehead atoms.